The number of carbonyl (C=O) groups is 1. The van der Waals surface area contributed by atoms with Crippen LogP contribution in [0.1, 0.15) is 10.5 Å². The predicted molar refractivity (Wildman–Crippen MR) is 82.5 cm³/mol. The third kappa shape index (κ3) is 3.57. The van der Waals surface area contributed by atoms with Gasteiger partial charge in [-0.2, -0.15) is 0 Å². The molecule has 0 saturated heterocycles. The summed E-state index contributed by atoms with van der Waals surface area (Å²) in [6.45, 7) is 0. The molecule has 0 bridgehead atoms. The lowest BCUT2D eigenvalue weighted by molar-refractivity contribution is 0.0594. The van der Waals surface area contributed by atoms with Crippen LogP contribution in [0.5, 0.6) is 11.5 Å². The first-order valence-corrected chi connectivity index (χ1v) is 7.91. The van der Waals surface area contributed by atoms with Gasteiger partial charge in [0.15, 0.2) is 0 Å². The number of rotatable bonds is 6. The number of aromatic nitrogens is 1. The van der Waals surface area contributed by atoms with E-state index in [1.807, 2.05) is 0 Å². The molecule has 0 saturated carbocycles. The van der Waals surface area contributed by atoms with E-state index in [1.165, 1.54) is 39.7 Å². The van der Waals surface area contributed by atoms with Gasteiger partial charge in [-0.05, 0) is 18.2 Å². The number of carbonyl (C=O) groups excluding carboxylic acids is 1. The molecule has 2 rings (SSSR count). The number of hydrogen-bond acceptors (Lipinski definition) is 6. The van der Waals surface area contributed by atoms with E-state index < -0.39 is 16.0 Å². The van der Waals surface area contributed by atoms with E-state index in [0.717, 1.165) is 0 Å². The van der Waals surface area contributed by atoms with Gasteiger partial charge in [0.1, 0.15) is 22.1 Å². The molecular weight excluding hydrogens is 324 g/mol. The van der Waals surface area contributed by atoms with Gasteiger partial charge in [0, 0.05) is 12.3 Å². The molecule has 0 spiro atoms. The van der Waals surface area contributed by atoms with E-state index in [1.54, 1.807) is 12.1 Å². The van der Waals surface area contributed by atoms with Gasteiger partial charge in [-0.3, -0.25) is 4.72 Å². The fourth-order valence-corrected chi connectivity index (χ4v) is 2.91. The van der Waals surface area contributed by atoms with Crippen LogP contribution >= 0.6 is 0 Å². The summed E-state index contributed by atoms with van der Waals surface area (Å²) in [4.78, 5) is 13.8. The molecule has 0 aliphatic rings. The van der Waals surface area contributed by atoms with Crippen LogP contribution < -0.4 is 14.2 Å². The maximum atomic E-state index is 12.4. The van der Waals surface area contributed by atoms with Crippen LogP contribution in [0.3, 0.4) is 0 Å². The molecule has 0 atom stereocenters. The van der Waals surface area contributed by atoms with Crippen LogP contribution in [0.2, 0.25) is 0 Å². The molecule has 2 aromatic rings. The number of benzene rings is 1. The van der Waals surface area contributed by atoms with Crippen molar-refractivity contribution in [1.29, 1.82) is 0 Å². The highest BCUT2D eigenvalue weighted by Crippen LogP contribution is 2.30. The van der Waals surface area contributed by atoms with E-state index in [9.17, 15) is 13.2 Å². The first-order chi connectivity index (χ1) is 10.9. The molecule has 1 aromatic heterocycles. The predicted octanol–water partition coefficient (Wildman–Crippen LogP) is 1.62. The van der Waals surface area contributed by atoms with Gasteiger partial charge >= 0.3 is 5.97 Å². The molecule has 0 aliphatic heterocycles. The molecule has 8 nitrogen and oxygen atoms in total. The normalized spacial score (nSPS) is 10.9. The Morgan fingerprint density at radius 3 is 2.48 bits per heavy atom. The molecule has 0 amide bonds. The van der Waals surface area contributed by atoms with Gasteiger partial charge in [0.2, 0.25) is 0 Å². The van der Waals surface area contributed by atoms with Crippen molar-refractivity contribution >= 4 is 21.7 Å². The number of methoxy groups -OCH3 is 3. The van der Waals surface area contributed by atoms with Crippen LogP contribution in [-0.2, 0) is 14.8 Å². The van der Waals surface area contributed by atoms with E-state index >= 15 is 0 Å². The molecule has 0 unspecified atom stereocenters. The molecule has 0 fully saturated rings. The molecule has 2 N–H and O–H groups in total. The van der Waals surface area contributed by atoms with Crippen LogP contribution in [0.4, 0.5) is 5.69 Å². The highest BCUT2D eigenvalue weighted by Gasteiger charge is 2.20. The average Bonchev–Trinajstić information content (AvgIpc) is 3.04. The van der Waals surface area contributed by atoms with Crippen LogP contribution in [-0.4, -0.2) is 40.7 Å². The Labute approximate surface area is 133 Å². The van der Waals surface area contributed by atoms with Crippen molar-refractivity contribution < 1.29 is 27.4 Å². The second-order valence-corrected chi connectivity index (χ2v) is 6.09. The maximum Gasteiger partial charge on any atom is 0.354 e. The van der Waals surface area contributed by atoms with Crippen molar-refractivity contribution in [2.75, 3.05) is 26.1 Å². The van der Waals surface area contributed by atoms with Crippen molar-refractivity contribution in [3.8, 4) is 11.5 Å². The molecule has 124 valence electrons. The summed E-state index contributed by atoms with van der Waals surface area (Å²) in [5.74, 6) is 0.135. The van der Waals surface area contributed by atoms with Gasteiger partial charge in [-0.15, -0.1) is 0 Å². The lowest BCUT2D eigenvalue weighted by atomic mass is 10.3. The van der Waals surface area contributed by atoms with Crippen LogP contribution in [0.15, 0.2) is 35.4 Å². The molecule has 1 heterocycles. The number of H-pyrrole nitrogens is 1. The minimum absolute atomic E-state index is 0.0329. The van der Waals surface area contributed by atoms with Crippen LogP contribution in [0, 0.1) is 0 Å². The van der Waals surface area contributed by atoms with Crippen molar-refractivity contribution in [3.05, 3.63) is 36.2 Å². The summed E-state index contributed by atoms with van der Waals surface area (Å²) >= 11 is 0. The number of anilines is 1. The summed E-state index contributed by atoms with van der Waals surface area (Å²) in [6, 6.07) is 5.89. The third-order valence-electron chi connectivity index (χ3n) is 3.02. The van der Waals surface area contributed by atoms with Gasteiger partial charge in [0.25, 0.3) is 10.0 Å². The molecule has 9 heteroatoms. The van der Waals surface area contributed by atoms with Crippen LogP contribution in [0.25, 0.3) is 0 Å². The summed E-state index contributed by atoms with van der Waals surface area (Å²) < 4.78 is 41.9. The average molecular weight is 340 g/mol. The third-order valence-corrected chi connectivity index (χ3v) is 4.37. The lowest BCUT2D eigenvalue weighted by Crippen LogP contribution is -2.13. The Balaban J connectivity index is 2.34. The topological polar surface area (TPSA) is 107 Å². The smallest absolute Gasteiger partial charge is 0.354 e. The quantitative estimate of drug-likeness (QED) is 0.774. The first-order valence-electron chi connectivity index (χ1n) is 6.43. The Bertz CT molecular complexity index is 812. The summed E-state index contributed by atoms with van der Waals surface area (Å²) in [7, 11) is 0.178. The van der Waals surface area contributed by atoms with E-state index in [0.29, 0.717) is 11.5 Å². The molecule has 0 aliphatic carbocycles. The van der Waals surface area contributed by atoms with Crippen molar-refractivity contribution in [3.63, 3.8) is 0 Å². The standard InChI is InChI=1S/C14H16N2O6S/c1-20-9-4-5-13(21-2)11(6-9)16-23(18,19)10-7-12(15-8-10)14(17)22-3/h4-8,15-16H,1-3H3. The second-order valence-electron chi connectivity index (χ2n) is 4.41. The highest BCUT2D eigenvalue weighted by atomic mass is 32.2. The number of sulfonamides is 1. The Morgan fingerprint density at radius 2 is 1.87 bits per heavy atom. The van der Waals surface area contributed by atoms with Crippen molar-refractivity contribution in [2.45, 2.75) is 4.90 Å². The Morgan fingerprint density at radius 1 is 1.13 bits per heavy atom. The summed E-state index contributed by atoms with van der Waals surface area (Å²) in [5.41, 5.74) is 0.248. The molecular formula is C14H16N2O6S. The first kappa shape index (κ1) is 16.7. The zero-order valence-corrected chi connectivity index (χ0v) is 13.6. The summed E-state index contributed by atoms with van der Waals surface area (Å²) in [5, 5.41) is 0. The molecule has 1 aromatic carbocycles. The van der Waals surface area contributed by atoms with E-state index in [4.69, 9.17) is 9.47 Å². The minimum atomic E-state index is -3.92. The number of nitrogens with one attached hydrogen (secondary N) is 2. The van der Waals surface area contributed by atoms with E-state index in [2.05, 4.69) is 14.4 Å². The fraction of sp³-hybridized carbons (Fsp3) is 0.214. The van der Waals surface area contributed by atoms with Gasteiger partial charge in [0.05, 0.1) is 27.0 Å². The second kappa shape index (κ2) is 6.61. The minimum Gasteiger partial charge on any atom is -0.497 e. The SMILES string of the molecule is COC(=O)c1cc(S(=O)(=O)Nc2cc(OC)ccc2OC)c[nH]1. The lowest BCUT2D eigenvalue weighted by Gasteiger charge is -2.12. The number of hydrogen-bond donors (Lipinski definition) is 2. The zero-order chi connectivity index (χ0) is 17.0. The Kier molecular flexibility index (Phi) is 4.80. The number of ether oxygens (including phenoxy) is 3. The Hall–Kier alpha value is -2.68. The monoisotopic (exact) mass is 340 g/mol. The molecule has 23 heavy (non-hydrogen) atoms. The van der Waals surface area contributed by atoms with E-state index in [-0.39, 0.29) is 16.3 Å². The molecule has 0 radical (unpaired) electrons. The van der Waals surface area contributed by atoms with Gasteiger partial charge < -0.3 is 19.2 Å². The summed E-state index contributed by atoms with van der Waals surface area (Å²) in [6.07, 6.45) is 1.20. The number of esters is 1. The fourth-order valence-electron chi connectivity index (χ4n) is 1.85. The zero-order valence-electron chi connectivity index (χ0n) is 12.7. The number of aromatic amines is 1. The van der Waals surface area contributed by atoms with Crippen molar-refractivity contribution in [1.82, 2.24) is 4.98 Å². The largest absolute Gasteiger partial charge is 0.497 e. The van der Waals surface area contributed by atoms with Gasteiger partial charge in [-0.25, -0.2) is 13.2 Å². The van der Waals surface area contributed by atoms with Gasteiger partial charge in [-0.1, -0.05) is 0 Å². The van der Waals surface area contributed by atoms with Crippen molar-refractivity contribution in [2.24, 2.45) is 0 Å². The highest BCUT2D eigenvalue weighted by molar-refractivity contribution is 7.92. The maximum absolute atomic E-state index is 12.4.